The summed E-state index contributed by atoms with van der Waals surface area (Å²) in [5.74, 6) is 1.85. The van der Waals surface area contributed by atoms with Gasteiger partial charge in [-0.1, -0.05) is 54.2 Å². The molecular weight excluding hydrogens is 432 g/mol. The highest BCUT2D eigenvalue weighted by atomic mass is 32.2. The van der Waals surface area contributed by atoms with E-state index in [2.05, 4.69) is 41.1 Å². The lowest BCUT2D eigenvalue weighted by molar-refractivity contribution is -0.118. The zero-order chi connectivity index (χ0) is 23.0. The molecular formula is C26H30N4O2S. The first kappa shape index (κ1) is 23.1. The van der Waals surface area contributed by atoms with Gasteiger partial charge in [0.2, 0.25) is 5.91 Å². The van der Waals surface area contributed by atoms with Crippen molar-refractivity contribution in [1.29, 1.82) is 0 Å². The van der Waals surface area contributed by atoms with Crippen LogP contribution < -0.4 is 10.1 Å². The first-order chi connectivity index (χ1) is 16.2. The molecule has 1 amide bonds. The standard InChI is InChI=1S/C26H30N4O2S/c1-3-15-30-24(17-32-23-14-13-21-11-7-8-12-22(21)19(23)2)28-29-26(30)33-18-25(31)27-16-20-9-5-4-6-10-20/h3-6,9-10,13-14H,1,7-8,11-12,15-18H2,2H3,(H,27,31). The molecule has 0 saturated carbocycles. The molecule has 0 aliphatic heterocycles. The fourth-order valence-electron chi connectivity index (χ4n) is 4.11. The third kappa shape index (κ3) is 5.85. The van der Waals surface area contributed by atoms with Crippen molar-refractivity contribution in [2.24, 2.45) is 0 Å². The molecule has 7 heteroatoms. The number of allylic oxidation sites excluding steroid dienone is 1. The minimum atomic E-state index is -0.0421. The molecule has 0 fully saturated rings. The van der Waals surface area contributed by atoms with Gasteiger partial charge in [0.1, 0.15) is 12.4 Å². The molecule has 172 valence electrons. The number of ether oxygens (including phenoxy) is 1. The van der Waals surface area contributed by atoms with Gasteiger partial charge in [-0.25, -0.2) is 0 Å². The molecule has 0 unspecified atom stereocenters. The van der Waals surface area contributed by atoms with E-state index in [1.165, 1.54) is 41.3 Å². The highest BCUT2D eigenvalue weighted by molar-refractivity contribution is 7.99. The average molecular weight is 463 g/mol. The van der Waals surface area contributed by atoms with Gasteiger partial charge in [0.25, 0.3) is 0 Å². The number of nitrogens with zero attached hydrogens (tertiary/aromatic N) is 3. The molecule has 1 heterocycles. The van der Waals surface area contributed by atoms with Crippen LogP contribution in [0.1, 0.15) is 40.9 Å². The molecule has 1 aromatic heterocycles. The molecule has 4 rings (SSSR count). The number of amides is 1. The smallest absolute Gasteiger partial charge is 0.230 e. The zero-order valence-electron chi connectivity index (χ0n) is 19.0. The van der Waals surface area contributed by atoms with Gasteiger partial charge in [0, 0.05) is 13.1 Å². The van der Waals surface area contributed by atoms with Gasteiger partial charge in [-0.2, -0.15) is 0 Å². The van der Waals surface area contributed by atoms with Gasteiger partial charge in [0.05, 0.1) is 5.75 Å². The van der Waals surface area contributed by atoms with Crippen LogP contribution >= 0.6 is 11.8 Å². The predicted octanol–water partition coefficient (Wildman–Crippen LogP) is 4.64. The number of benzene rings is 2. The number of aromatic nitrogens is 3. The SMILES string of the molecule is C=CCn1c(COc2ccc3c(c2C)CCCC3)nnc1SCC(=O)NCc1ccccc1. The second-order valence-corrected chi connectivity index (χ2v) is 9.11. The van der Waals surface area contributed by atoms with E-state index in [4.69, 9.17) is 4.74 Å². The van der Waals surface area contributed by atoms with Crippen molar-refractivity contribution in [1.82, 2.24) is 20.1 Å². The monoisotopic (exact) mass is 462 g/mol. The van der Waals surface area contributed by atoms with Crippen LogP contribution in [0, 0.1) is 6.92 Å². The fraction of sp³-hybridized carbons (Fsp3) is 0.346. The minimum absolute atomic E-state index is 0.0421. The van der Waals surface area contributed by atoms with E-state index in [0.717, 1.165) is 30.0 Å². The number of rotatable bonds is 10. The Kier molecular flexibility index (Phi) is 7.83. The normalized spacial score (nSPS) is 12.8. The Bertz CT molecular complexity index is 1110. The lowest BCUT2D eigenvalue weighted by Gasteiger charge is -2.20. The number of thioether (sulfide) groups is 1. The summed E-state index contributed by atoms with van der Waals surface area (Å²) in [4.78, 5) is 12.3. The van der Waals surface area contributed by atoms with Crippen LogP contribution in [0.3, 0.4) is 0 Å². The number of carbonyl (C=O) groups is 1. The van der Waals surface area contributed by atoms with Crippen molar-refractivity contribution < 1.29 is 9.53 Å². The topological polar surface area (TPSA) is 69.0 Å². The van der Waals surface area contributed by atoms with Gasteiger partial charge in [-0.15, -0.1) is 16.8 Å². The molecule has 6 nitrogen and oxygen atoms in total. The van der Waals surface area contributed by atoms with Gasteiger partial charge < -0.3 is 10.1 Å². The quantitative estimate of drug-likeness (QED) is 0.351. The first-order valence-corrected chi connectivity index (χ1v) is 12.3. The first-order valence-electron chi connectivity index (χ1n) is 11.4. The van der Waals surface area contributed by atoms with E-state index in [9.17, 15) is 4.79 Å². The Morgan fingerprint density at radius 2 is 2.00 bits per heavy atom. The Balaban J connectivity index is 1.36. The Hall–Kier alpha value is -3.06. The molecule has 1 N–H and O–H groups in total. The summed E-state index contributed by atoms with van der Waals surface area (Å²) < 4.78 is 8.11. The summed E-state index contributed by atoms with van der Waals surface area (Å²) >= 11 is 1.37. The number of fused-ring (bicyclic) bond motifs is 1. The fourth-order valence-corrected chi connectivity index (χ4v) is 4.91. The second-order valence-electron chi connectivity index (χ2n) is 8.17. The third-order valence-corrected chi connectivity index (χ3v) is 6.86. The molecule has 1 aliphatic rings. The van der Waals surface area contributed by atoms with Crippen LogP contribution in [0.15, 0.2) is 60.3 Å². The summed E-state index contributed by atoms with van der Waals surface area (Å²) in [6.07, 6.45) is 6.59. The van der Waals surface area contributed by atoms with Crippen molar-refractivity contribution in [2.75, 3.05) is 5.75 Å². The van der Waals surface area contributed by atoms with E-state index in [1.807, 2.05) is 34.9 Å². The lowest BCUT2D eigenvalue weighted by Crippen LogP contribution is -2.24. The maximum atomic E-state index is 12.3. The summed E-state index contributed by atoms with van der Waals surface area (Å²) in [6, 6.07) is 14.1. The summed E-state index contributed by atoms with van der Waals surface area (Å²) in [6.45, 7) is 7.38. The maximum absolute atomic E-state index is 12.3. The van der Waals surface area contributed by atoms with Crippen molar-refractivity contribution in [3.8, 4) is 5.75 Å². The lowest BCUT2D eigenvalue weighted by atomic mass is 9.88. The molecule has 0 atom stereocenters. The molecule has 1 aliphatic carbocycles. The largest absolute Gasteiger partial charge is 0.485 e. The van der Waals surface area contributed by atoms with Crippen LogP contribution in [0.5, 0.6) is 5.75 Å². The average Bonchev–Trinajstić information content (AvgIpc) is 3.23. The van der Waals surface area contributed by atoms with Crippen molar-refractivity contribution in [3.63, 3.8) is 0 Å². The highest BCUT2D eigenvalue weighted by Crippen LogP contribution is 2.31. The van der Waals surface area contributed by atoms with Crippen LogP contribution in [-0.2, 0) is 37.3 Å². The number of hydrogen-bond acceptors (Lipinski definition) is 5. The van der Waals surface area contributed by atoms with Gasteiger partial charge in [-0.05, 0) is 60.9 Å². The third-order valence-electron chi connectivity index (χ3n) is 5.90. The summed E-state index contributed by atoms with van der Waals surface area (Å²) in [5.41, 5.74) is 5.18. The minimum Gasteiger partial charge on any atom is -0.485 e. The van der Waals surface area contributed by atoms with Crippen molar-refractivity contribution in [3.05, 3.63) is 83.2 Å². The van der Waals surface area contributed by atoms with Crippen LogP contribution in [0.25, 0.3) is 0 Å². The van der Waals surface area contributed by atoms with Gasteiger partial charge in [0.15, 0.2) is 11.0 Å². The van der Waals surface area contributed by atoms with Crippen LogP contribution in [-0.4, -0.2) is 26.4 Å². The molecule has 2 aromatic carbocycles. The number of aryl methyl sites for hydroxylation is 1. The molecule has 0 spiro atoms. The second kappa shape index (κ2) is 11.2. The van der Waals surface area contributed by atoms with Crippen molar-refractivity contribution in [2.45, 2.75) is 57.5 Å². The van der Waals surface area contributed by atoms with E-state index in [-0.39, 0.29) is 11.7 Å². The van der Waals surface area contributed by atoms with Gasteiger partial charge in [-0.3, -0.25) is 9.36 Å². The number of hydrogen-bond donors (Lipinski definition) is 1. The number of nitrogens with one attached hydrogen (secondary N) is 1. The van der Waals surface area contributed by atoms with E-state index < -0.39 is 0 Å². The van der Waals surface area contributed by atoms with Gasteiger partial charge >= 0.3 is 0 Å². The van der Waals surface area contributed by atoms with Crippen molar-refractivity contribution >= 4 is 17.7 Å². The Morgan fingerprint density at radius 1 is 1.18 bits per heavy atom. The van der Waals surface area contributed by atoms with E-state index >= 15 is 0 Å². The van der Waals surface area contributed by atoms with E-state index in [0.29, 0.717) is 24.9 Å². The van der Waals surface area contributed by atoms with E-state index in [1.54, 1.807) is 6.08 Å². The Morgan fingerprint density at radius 3 is 2.82 bits per heavy atom. The maximum Gasteiger partial charge on any atom is 0.230 e. The molecule has 0 bridgehead atoms. The van der Waals surface area contributed by atoms with Crippen LogP contribution in [0.2, 0.25) is 0 Å². The molecule has 3 aromatic rings. The highest BCUT2D eigenvalue weighted by Gasteiger charge is 2.17. The van der Waals surface area contributed by atoms with Crippen LogP contribution in [0.4, 0.5) is 0 Å². The molecule has 0 radical (unpaired) electrons. The number of carbonyl (C=O) groups excluding carboxylic acids is 1. The molecule has 33 heavy (non-hydrogen) atoms. The zero-order valence-corrected chi connectivity index (χ0v) is 19.9. The Labute approximate surface area is 199 Å². The summed E-state index contributed by atoms with van der Waals surface area (Å²) in [5, 5.41) is 12.3. The molecule has 0 saturated heterocycles. The summed E-state index contributed by atoms with van der Waals surface area (Å²) in [7, 11) is 0. The predicted molar refractivity (Wildman–Crippen MR) is 131 cm³/mol.